The topological polar surface area (TPSA) is 63.6 Å². The quantitative estimate of drug-likeness (QED) is 0.911. The second-order valence-electron chi connectivity index (χ2n) is 5.18. The molecule has 0 amide bonds. The fourth-order valence-corrected chi connectivity index (χ4v) is 3.77. The van der Waals surface area contributed by atoms with Crippen molar-refractivity contribution in [3.63, 3.8) is 0 Å². The third-order valence-electron chi connectivity index (χ3n) is 3.59. The van der Waals surface area contributed by atoms with Gasteiger partial charge in [-0.05, 0) is 37.8 Å². The van der Waals surface area contributed by atoms with Gasteiger partial charge in [0.15, 0.2) is 0 Å². The van der Waals surface area contributed by atoms with Gasteiger partial charge in [0, 0.05) is 0 Å². The summed E-state index contributed by atoms with van der Waals surface area (Å²) in [6.45, 7) is 2.22. The van der Waals surface area contributed by atoms with E-state index in [4.69, 9.17) is 4.74 Å². The molecule has 0 bridgehead atoms. The van der Waals surface area contributed by atoms with Crippen LogP contribution in [0.4, 0.5) is 0 Å². The van der Waals surface area contributed by atoms with Crippen molar-refractivity contribution in [1.82, 2.24) is 0 Å². The number of ether oxygens (including phenoxy) is 1. The molecule has 0 aliphatic carbocycles. The molecule has 5 heteroatoms. The van der Waals surface area contributed by atoms with E-state index in [2.05, 4.69) is 0 Å². The molecule has 0 radical (unpaired) electrons. The Bertz CT molecular complexity index is 493. The lowest BCUT2D eigenvalue weighted by Gasteiger charge is -2.26. The monoisotopic (exact) mass is 284 g/mol. The lowest BCUT2D eigenvalue weighted by atomic mass is 9.96. The van der Waals surface area contributed by atoms with Crippen molar-refractivity contribution in [3.8, 4) is 5.75 Å². The highest BCUT2D eigenvalue weighted by Crippen LogP contribution is 2.23. The Hall–Kier alpha value is -1.07. The SMILES string of the molecule is Cc1ccc(OCC(O)C2CCS(=O)(=O)CC2)cc1. The first kappa shape index (κ1) is 14.3. The smallest absolute Gasteiger partial charge is 0.150 e. The molecule has 1 aliphatic rings. The molecule has 1 fully saturated rings. The van der Waals surface area contributed by atoms with E-state index in [1.165, 1.54) is 0 Å². The first-order valence-electron chi connectivity index (χ1n) is 6.54. The van der Waals surface area contributed by atoms with Gasteiger partial charge in [0.2, 0.25) is 0 Å². The summed E-state index contributed by atoms with van der Waals surface area (Å²) in [5.41, 5.74) is 1.16. The van der Waals surface area contributed by atoms with Crippen LogP contribution < -0.4 is 4.74 Å². The van der Waals surface area contributed by atoms with E-state index in [-0.39, 0.29) is 24.0 Å². The summed E-state index contributed by atoms with van der Waals surface area (Å²) in [4.78, 5) is 0. The average Bonchev–Trinajstić information content (AvgIpc) is 2.37. The normalized spacial score (nSPS) is 20.9. The Morgan fingerprint density at radius 2 is 1.84 bits per heavy atom. The number of hydrogen-bond acceptors (Lipinski definition) is 4. The lowest BCUT2D eigenvalue weighted by molar-refractivity contribution is 0.0528. The van der Waals surface area contributed by atoms with E-state index in [0.29, 0.717) is 12.8 Å². The summed E-state index contributed by atoms with van der Waals surface area (Å²) >= 11 is 0. The highest BCUT2D eigenvalue weighted by atomic mass is 32.2. The first-order chi connectivity index (χ1) is 8.96. The van der Waals surface area contributed by atoms with Crippen molar-refractivity contribution in [2.24, 2.45) is 5.92 Å². The van der Waals surface area contributed by atoms with Gasteiger partial charge in [0.05, 0.1) is 17.6 Å². The zero-order chi connectivity index (χ0) is 13.9. The Balaban J connectivity index is 1.81. The Labute approximate surface area is 114 Å². The van der Waals surface area contributed by atoms with Crippen LogP contribution in [0, 0.1) is 12.8 Å². The minimum absolute atomic E-state index is 0.0222. The van der Waals surface area contributed by atoms with E-state index >= 15 is 0 Å². The van der Waals surface area contributed by atoms with Crippen LogP contribution >= 0.6 is 0 Å². The largest absolute Gasteiger partial charge is 0.491 e. The molecule has 1 aliphatic heterocycles. The molecule has 19 heavy (non-hydrogen) atoms. The predicted octanol–water partition coefficient (Wildman–Crippen LogP) is 1.56. The van der Waals surface area contributed by atoms with Crippen molar-refractivity contribution < 1.29 is 18.3 Å². The van der Waals surface area contributed by atoms with Gasteiger partial charge in [-0.25, -0.2) is 8.42 Å². The number of aryl methyl sites for hydroxylation is 1. The fourth-order valence-electron chi connectivity index (χ4n) is 2.25. The van der Waals surface area contributed by atoms with E-state index in [9.17, 15) is 13.5 Å². The van der Waals surface area contributed by atoms with Crippen LogP contribution in [0.5, 0.6) is 5.75 Å². The van der Waals surface area contributed by atoms with Gasteiger partial charge in [-0.3, -0.25) is 0 Å². The summed E-state index contributed by atoms with van der Waals surface area (Å²) in [6.07, 6.45) is 0.457. The van der Waals surface area contributed by atoms with Crippen LogP contribution in [-0.2, 0) is 9.84 Å². The molecule has 1 atom stereocenters. The third kappa shape index (κ3) is 4.21. The first-order valence-corrected chi connectivity index (χ1v) is 8.36. The predicted molar refractivity (Wildman–Crippen MR) is 74.1 cm³/mol. The highest BCUT2D eigenvalue weighted by molar-refractivity contribution is 7.91. The highest BCUT2D eigenvalue weighted by Gasteiger charge is 2.28. The van der Waals surface area contributed by atoms with E-state index < -0.39 is 15.9 Å². The van der Waals surface area contributed by atoms with Crippen LogP contribution in [0.2, 0.25) is 0 Å². The Morgan fingerprint density at radius 1 is 1.26 bits per heavy atom. The molecule has 1 aromatic rings. The van der Waals surface area contributed by atoms with Crippen molar-refractivity contribution in [2.75, 3.05) is 18.1 Å². The van der Waals surface area contributed by atoms with Crippen LogP contribution in [0.1, 0.15) is 18.4 Å². The molecule has 1 aromatic carbocycles. The molecule has 0 aromatic heterocycles. The van der Waals surface area contributed by atoms with E-state index in [1.54, 1.807) is 0 Å². The Morgan fingerprint density at radius 3 is 2.42 bits per heavy atom. The molecule has 2 rings (SSSR count). The van der Waals surface area contributed by atoms with Crippen LogP contribution in [0.15, 0.2) is 24.3 Å². The maximum absolute atomic E-state index is 11.3. The van der Waals surface area contributed by atoms with Gasteiger partial charge >= 0.3 is 0 Å². The lowest BCUT2D eigenvalue weighted by Crippen LogP contribution is -2.34. The van der Waals surface area contributed by atoms with Crippen LogP contribution in [-0.4, -0.2) is 37.7 Å². The van der Waals surface area contributed by atoms with Crippen molar-refractivity contribution in [2.45, 2.75) is 25.9 Å². The van der Waals surface area contributed by atoms with Crippen LogP contribution in [0.25, 0.3) is 0 Å². The number of benzene rings is 1. The zero-order valence-corrected chi connectivity index (χ0v) is 11.9. The van der Waals surface area contributed by atoms with Crippen molar-refractivity contribution in [3.05, 3.63) is 29.8 Å². The number of hydrogen-bond donors (Lipinski definition) is 1. The summed E-state index contributed by atoms with van der Waals surface area (Å²) < 4.78 is 28.2. The second-order valence-corrected chi connectivity index (χ2v) is 7.48. The molecule has 1 saturated heterocycles. The average molecular weight is 284 g/mol. The molecule has 4 nitrogen and oxygen atoms in total. The summed E-state index contributed by atoms with van der Waals surface area (Å²) in [5.74, 6) is 1.11. The maximum Gasteiger partial charge on any atom is 0.150 e. The summed E-state index contributed by atoms with van der Waals surface area (Å²) in [7, 11) is -2.87. The minimum Gasteiger partial charge on any atom is -0.491 e. The van der Waals surface area contributed by atoms with Gasteiger partial charge in [-0.15, -0.1) is 0 Å². The summed E-state index contributed by atoms with van der Waals surface area (Å²) in [5, 5.41) is 10.0. The molecule has 0 saturated carbocycles. The van der Waals surface area contributed by atoms with Gasteiger partial charge < -0.3 is 9.84 Å². The fraction of sp³-hybridized carbons (Fsp3) is 0.571. The number of aliphatic hydroxyl groups excluding tert-OH is 1. The van der Waals surface area contributed by atoms with Gasteiger partial charge in [-0.1, -0.05) is 17.7 Å². The standard InChI is InChI=1S/C14H20O4S/c1-11-2-4-13(5-3-11)18-10-14(15)12-6-8-19(16,17)9-7-12/h2-5,12,14-15H,6-10H2,1H3. The number of rotatable bonds is 4. The molecule has 1 N–H and O–H groups in total. The second kappa shape index (κ2) is 5.92. The molecular weight excluding hydrogens is 264 g/mol. The Kier molecular flexibility index (Phi) is 4.47. The summed E-state index contributed by atoms with van der Waals surface area (Å²) in [6, 6.07) is 7.64. The van der Waals surface area contributed by atoms with Gasteiger partial charge in [0.25, 0.3) is 0 Å². The zero-order valence-electron chi connectivity index (χ0n) is 11.1. The van der Waals surface area contributed by atoms with Crippen molar-refractivity contribution in [1.29, 1.82) is 0 Å². The van der Waals surface area contributed by atoms with E-state index in [0.717, 1.165) is 11.3 Å². The minimum atomic E-state index is -2.87. The van der Waals surface area contributed by atoms with Crippen LogP contribution in [0.3, 0.4) is 0 Å². The molecular formula is C14H20O4S. The van der Waals surface area contributed by atoms with E-state index in [1.807, 2.05) is 31.2 Å². The molecule has 0 spiro atoms. The maximum atomic E-state index is 11.3. The molecule has 1 heterocycles. The number of aliphatic hydroxyl groups is 1. The van der Waals surface area contributed by atoms with Gasteiger partial charge in [0.1, 0.15) is 22.2 Å². The molecule has 1 unspecified atom stereocenters. The third-order valence-corrected chi connectivity index (χ3v) is 5.30. The van der Waals surface area contributed by atoms with Gasteiger partial charge in [-0.2, -0.15) is 0 Å². The molecule has 106 valence electrons. The number of sulfone groups is 1. The van der Waals surface area contributed by atoms with Crippen molar-refractivity contribution >= 4 is 9.84 Å².